The Morgan fingerprint density at radius 1 is 1.08 bits per heavy atom. The van der Waals surface area contributed by atoms with Gasteiger partial charge in [0.15, 0.2) is 0 Å². The first-order valence-corrected chi connectivity index (χ1v) is 10.1. The third kappa shape index (κ3) is 4.77. The molecule has 1 aliphatic heterocycles. The Bertz CT molecular complexity index is 726. The lowest BCUT2D eigenvalue weighted by molar-refractivity contribution is -0.116. The van der Waals surface area contributed by atoms with E-state index in [4.69, 9.17) is 11.6 Å². The number of thiophene rings is 1. The van der Waals surface area contributed by atoms with E-state index in [-0.39, 0.29) is 11.8 Å². The van der Waals surface area contributed by atoms with Crippen molar-refractivity contribution in [3.05, 3.63) is 46.7 Å². The van der Waals surface area contributed by atoms with Crippen LogP contribution in [0.5, 0.6) is 0 Å². The molecule has 0 atom stereocenters. The maximum absolute atomic E-state index is 12.4. The highest BCUT2D eigenvalue weighted by atomic mass is 35.5. The summed E-state index contributed by atoms with van der Waals surface area (Å²) in [6.07, 6.45) is 1.12. The van der Waals surface area contributed by atoms with Crippen LogP contribution in [0.4, 0.5) is 11.4 Å². The number of piperazine rings is 1. The van der Waals surface area contributed by atoms with E-state index >= 15 is 0 Å². The van der Waals surface area contributed by atoms with Gasteiger partial charge in [0.25, 0.3) is 5.91 Å². The highest BCUT2D eigenvalue weighted by Crippen LogP contribution is 2.21. The van der Waals surface area contributed by atoms with Gasteiger partial charge in [-0.15, -0.1) is 22.9 Å². The molecule has 0 radical (unpaired) electrons. The van der Waals surface area contributed by atoms with Gasteiger partial charge in [-0.25, -0.2) is 0 Å². The number of nitrogens with zero attached hydrogens (tertiary/aromatic N) is 2. The van der Waals surface area contributed by atoms with Crippen LogP contribution in [-0.4, -0.2) is 48.8 Å². The van der Waals surface area contributed by atoms with E-state index in [9.17, 15) is 9.59 Å². The second-order valence-electron chi connectivity index (χ2n) is 6.14. The van der Waals surface area contributed by atoms with Gasteiger partial charge < -0.3 is 15.1 Å². The number of carbonyl (C=O) groups excluding carboxylic acids is 2. The maximum Gasteiger partial charge on any atom is 0.264 e. The molecule has 0 saturated carbocycles. The van der Waals surface area contributed by atoms with Crippen molar-refractivity contribution in [2.45, 2.75) is 12.8 Å². The van der Waals surface area contributed by atoms with Crippen molar-refractivity contribution in [2.75, 3.05) is 42.3 Å². The molecule has 7 heteroatoms. The van der Waals surface area contributed by atoms with Gasteiger partial charge in [0.05, 0.1) is 4.88 Å². The lowest BCUT2D eigenvalue weighted by Gasteiger charge is -2.36. The second kappa shape index (κ2) is 9.05. The van der Waals surface area contributed by atoms with Gasteiger partial charge in [-0.05, 0) is 42.1 Å². The molecule has 1 aromatic heterocycles. The van der Waals surface area contributed by atoms with E-state index in [0.29, 0.717) is 31.8 Å². The number of hydrogen-bond donors (Lipinski definition) is 1. The summed E-state index contributed by atoms with van der Waals surface area (Å²) in [5.74, 6) is 0.599. The summed E-state index contributed by atoms with van der Waals surface area (Å²) in [6.45, 7) is 3.04. The molecule has 0 unspecified atom stereocenters. The number of nitrogens with one attached hydrogen (secondary N) is 1. The summed E-state index contributed by atoms with van der Waals surface area (Å²) in [6, 6.07) is 11.6. The summed E-state index contributed by atoms with van der Waals surface area (Å²) in [4.78, 5) is 29.1. The Hall–Kier alpha value is -2.05. The minimum absolute atomic E-state index is 0.0147. The zero-order chi connectivity index (χ0) is 18.4. The molecule has 2 amide bonds. The molecule has 26 heavy (non-hydrogen) atoms. The van der Waals surface area contributed by atoms with Gasteiger partial charge in [0.2, 0.25) is 5.91 Å². The SMILES string of the molecule is O=C(CCCCl)Nc1ccc(N2CCN(C(=O)c3cccs3)CC2)cc1. The van der Waals surface area contributed by atoms with Crippen molar-refractivity contribution in [1.29, 1.82) is 0 Å². The average molecular weight is 392 g/mol. The molecule has 5 nitrogen and oxygen atoms in total. The quantitative estimate of drug-likeness (QED) is 0.764. The molecule has 138 valence electrons. The molecule has 0 spiro atoms. The molecule has 1 fully saturated rings. The van der Waals surface area contributed by atoms with Crippen molar-refractivity contribution in [1.82, 2.24) is 4.90 Å². The van der Waals surface area contributed by atoms with Gasteiger partial charge in [-0.2, -0.15) is 0 Å². The summed E-state index contributed by atoms with van der Waals surface area (Å²) in [7, 11) is 0. The van der Waals surface area contributed by atoms with Gasteiger partial charge >= 0.3 is 0 Å². The van der Waals surface area contributed by atoms with Crippen LogP contribution in [0, 0.1) is 0 Å². The van der Waals surface area contributed by atoms with E-state index in [1.807, 2.05) is 46.7 Å². The zero-order valence-electron chi connectivity index (χ0n) is 14.5. The van der Waals surface area contributed by atoms with Crippen LogP contribution in [0.3, 0.4) is 0 Å². The van der Waals surface area contributed by atoms with E-state index < -0.39 is 0 Å². The van der Waals surface area contributed by atoms with Crippen LogP contribution in [0.25, 0.3) is 0 Å². The minimum atomic E-state index is -0.0147. The Morgan fingerprint density at radius 3 is 2.42 bits per heavy atom. The highest BCUT2D eigenvalue weighted by Gasteiger charge is 2.22. The van der Waals surface area contributed by atoms with Crippen LogP contribution >= 0.6 is 22.9 Å². The molecule has 1 N–H and O–H groups in total. The minimum Gasteiger partial charge on any atom is -0.368 e. The fraction of sp³-hybridized carbons (Fsp3) is 0.368. The van der Waals surface area contributed by atoms with Crippen molar-refractivity contribution in [3.8, 4) is 0 Å². The fourth-order valence-electron chi connectivity index (χ4n) is 2.93. The molecule has 2 heterocycles. The van der Waals surface area contributed by atoms with Gasteiger partial charge in [0, 0.05) is 49.9 Å². The molecule has 1 aliphatic rings. The number of rotatable bonds is 6. The summed E-state index contributed by atoms with van der Waals surface area (Å²) in [5, 5.41) is 4.81. The number of hydrogen-bond acceptors (Lipinski definition) is 4. The molecule has 0 aliphatic carbocycles. The summed E-state index contributed by atoms with van der Waals surface area (Å²) >= 11 is 7.09. The smallest absolute Gasteiger partial charge is 0.264 e. The topological polar surface area (TPSA) is 52.7 Å². The Kier molecular flexibility index (Phi) is 6.52. The van der Waals surface area contributed by atoms with Crippen molar-refractivity contribution >= 4 is 46.1 Å². The lowest BCUT2D eigenvalue weighted by Crippen LogP contribution is -2.48. The first-order valence-electron chi connectivity index (χ1n) is 8.71. The third-order valence-corrected chi connectivity index (χ3v) is 5.48. The number of anilines is 2. The number of carbonyl (C=O) groups is 2. The predicted octanol–water partition coefficient (Wildman–Crippen LogP) is 3.67. The second-order valence-corrected chi connectivity index (χ2v) is 7.47. The van der Waals surface area contributed by atoms with Crippen LogP contribution < -0.4 is 10.2 Å². The molecule has 0 bridgehead atoms. The van der Waals surface area contributed by atoms with E-state index in [2.05, 4.69) is 10.2 Å². The standard InChI is InChI=1S/C19H22ClN3O2S/c20-9-1-4-18(24)21-15-5-7-16(8-6-15)22-10-12-23(13-11-22)19(25)17-3-2-14-26-17/h2-3,5-8,14H,1,4,9-13H2,(H,21,24). The van der Waals surface area contributed by atoms with E-state index in [0.717, 1.165) is 29.3 Å². The van der Waals surface area contributed by atoms with Gasteiger partial charge in [-0.3, -0.25) is 9.59 Å². The van der Waals surface area contributed by atoms with Crippen molar-refractivity contribution in [2.24, 2.45) is 0 Å². The number of alkyl halides is 1. The number of halogens is 1. The molecule has 3 rings (SSSR count). The average Bonchev–Trinajstić information content (AvgIpc) is 3.21. The first kappa shape index (κ1) is 18.7. The van der Waals surface area contributed by atoms with E-state index in [1.165, 1.54) is 11.3 Å². The van der Waals surface area contributed by atoms with Crippen LogP contribution in [-0.2, 0) is 4.79 Å². The largest absolute Gasteiger partial charge is 0.368 e. The third-order valence-electron chi connectivity index (χ3n) is 4.35. The summed E-state index contributed by atoms with van der Waals surface area (Å²) < 4.78 is 0. The highest BCUT2D eigenvalue weighted by molar-refractivity contribution is 7.12. The monoisotopic (exact) mass is 391 g/mol. The Balaban J connectivity index is 1.51. The van der Waals surface area contributed by atoms with Gasteiger partial charge in [-0.1, -0.05) is 6.07 Å². The fourth-order valence-corrected chi connectivity index (χ4v) is 3.75. The van der Waals surface area contributed by atoms with E-state index in [1.54, 1.807) is 0 Å². The predicted molar refractivity (Wildman–Crippen MR) is 107 cm³/mol. The molecule has 2 aromatic rings. The number of benzene rings is 1. The molecule has 1 aromatic carbocycles. The van der Waals surface area contributed by atoms with Crippen molar-refractivity contribution in [3.63, 3.8) is 0 Å². The van der Waals surface area contributed by atoms with Crippen molar-refractivity contribution < 1.29 is 9.59 Å². The molecular weight excluding hydrogens is 370 g/mol. The molecule has 1 saturated heterocycles. The Morgan fingerprint density at radius 2 is 1.81 bits per heavy atom. The van der Waals surface area contributed by atoms with Crippen LogP contribution in [0.2, 0.25) is 0 Å². The van der Waals surface area contributed by atoms with Crippen LogP contribution in [0.15, 0.2) is 41.8 Å². The summed E-state index contributed by atoms with van der Waals surface area (Å²) in [5.41, 5.74) is 1.90. The number of amides is 2. The maximum atomic E-state index is 12.4. The zero-order valence-corrected chi connectivity index (χ0v) is 16.1. The van der Waals surface area contributed by atoms with Crippen LogP contribution in [0.1, 0.15) is 22.5 Å². The molecular formula is C19H22ClN3O2S. The normalized spacial score (nSPS) is 14.3. The Labute approximate surface area is 162 Å². The first-order chi connectivity index (χ1) is 12.7. The van der Waals surface area contributed by atoms with Gasteiger partial charge in [0.1, 0.15) is 0 Å². The lowest BCUT2D eigenvalue weighted by atomic mass is 10.2.